The van der Waals surface area contributed by atoms with Crippen LogP contribution in [0.15, 0.2) is 42.5 Å². The van der Waals surface area contributed by atoms with E-state index in [2.05, 4.69) is 0 Å². The maximum atomic E-state index is 12.2. The van der Waals surface area contributed by atoms with Crippen LogP contribution >= 0.6 is 11.8 Å². The second-order valence-electron chi connectivity index (χ2n) is 4.73. The van der Waals surface area contributed by atoms with Gasteiger partial charge in [0, 0.05) is 0 Å². The van der Waals surface area contributed by atoms with E-state index in [-0.39, 0.29) is 5.97 Å². The number of carbonyl (C=O) groups is 1. The monoisotopic (exact) mass is 289 g/mol. The van der Waals surface area contributed by atoms with Crippen LogP contribution in [-0.4, -0.2) is 25.1 Å². The lowest BCUT2D eigenvalue weighted by Crippen LogP contribution is -2.46. The molecule has 0 aliphatic heterocycles. The van der Waals surface area contributed by atoms with Gasteiger partial charge in [0.05, 0.1) is 7.11 Å². The highest BCUT2D eigenvalue weighted by Crippen LogP contribution is 2.31. The Morgan fingerprint density at radius 1 is 1.25 bits per heavy atom. The molecule has 0 saturated carbocycles. The number of thioether (sulfide) groups is 1. The minimum atomic E-state index is -1.10. The van der Waals surface area contributed by atoms with Crippen molar-refractivity contribution in [1.29, 1.82) is 0 Å². The fourth-order valence-electron chi connectivity index (χ4n) is 2.41. The molecule has 20 heavy (non-hydrogen) atoms. The van der Waals surface area contributed by atoms with Crippen LogP contribution in [0.5, 0.6) is 0 Å². The highest BCUT2D eigenvalue weighted by atomic mass is 32.2. The van der Waals surface area contributed by atoms with Gasteiger partial charge in [-0.2, -0.15) is 11.8 Å². The first kappa shape index (κ1) is 14.9. The molecule has 2 aromatic rings. The van der Waals surface area contributed by atoms with Gasteiger partial charge in [-0.25, -0.2) is 4.79 Å². The summed E-state index contributed by atoms with van der Waals surface area (Å²) in [5, 5.41) is 2.08. The number of ether oxygens (including phenoxy) is 1. The molecule has 2 aromatic carbocycles. The summed E-state index contributed by atoms with van der Waals surface area (Å²) in [5.41, 5.74) is 6.17. The average molecular weight is 289 g/mol. The van der Waals surface area contributed by atoms with E-state index in [0.717, 1.165) is 22.1 Å². The topological polar surface area (TPSA) is 52.3 Å². The SMILES string of the molecule is COC(=O)[C@](N)(CCSC)c1cccc2ccccc12. The molecule has 0 radical (unpaired) electrons. The van der Waals surface area contributed by atoms with Gasteiger partial charge < -0.3 is 10.5 Å². The van der Waals surface area contributed by atoms with Crippen molar-refractivity contribution in [3.63, 3.8) is 0 Å². The Kier molecular flexibility index (Phi) is 4.68. The number of carbonyl (C=O) groups excluding carboxylic acids is 1. The van der Waals surface area contributed by atoms with Gasteiger partial charge in [0.25, 0.3) is 0 Å². The van der Waals surface area contributed by atoms with Crippen molar-refractivity contribution in [2.45, 2.75) is 12.0 Å². The van der Waals surface area contributed by atoms with Crippen molar-refractivity contribution in [2.24, 2.45) is 5.73 Å². The van der Waals surface area contributed by atoms with E-state index in [9.17, 15) is 4.79 Å². The molecule has 0 aliphatic carbocycles. The minimum absolute atomic E-state index is 0.386. The van der Waals surface area contributed by atoms with Gasteiger partial charge in [-0.3, -0.25) is 0 Å². The Morgan fingerprint density at radius 2 is 1.95 bits per heavy atom. The summed E-state index contributed by atoms with van der Waals surface area (Å²) in [6.45, 7) is 0. The lowest BCUT2D eigenvalue weighted by molar-refractivity contribution is -0.147. The van der Waals surface area contributed by atoms with Crippen LogP contribution in [0.1, 0.15) is 12.0 Å². The predicted molar refractivity (Wildman–Crippen MR) is 84.8 cm³/mol. The van der Waals surface area contributed by atoms with Crippen molar-refractivity contribution < 1.29 is 9.53 Å². The van der Waals surface area contributed by atoms with Crippen LogP contribution in [0.3, 0.4) is 0 Å². The zero-order valence-corrected chi connectivity index (χ0v) is 12.6. The van der Waals surface area contributed by atoms with Gasteiger partial charge in [-0.05, 0) is 34.8 Å². The Labute approximate surface area is 123 Å². The van der Waals surface area contributed by atoms with Crippen molar-refractivity contribution in [1.82, 2.24) is 0 Å². The molecule has 0 fully saturated rings. The quantitative estimate of drug-likeness (QED) is 0.860. The number of nitrogens with two attached hydrogens (primary N) is 1. The van der Waals surface area contributed by atoms with Gasteiger partial charge >= 0.3 is 5.97 Å². The molecule has 0 unspecified atom stereocenters. The van der Waals surface area contributed by atoms with Crippen LogP contribution in [0.4, 0.5) is 0 Å². The van der Waals surface area contributed by atoms with Crippen molar-refractivity contribution in [3.8, 4) is 0 Å². The molecule has 0 aliphatic rings. The van der Waals surface area contributed by atoms with Gasteiger partial charge in [0.1, 0.15) is 5.54 Å². The summed E-state index contributed by atoms with van der Waals surface area (Å²) < 4.78 is 4.94. The number of methoxy groups -OCH3 is 1. The highest BCUT2D eigenvalue weighted by Gasteiger charge is 2.37. The normalized spacial score (nSPS) is 13.9. The first-order chi connectivity index (χ1) is 9.63. The Hall–Kier alpha value is -1.52. The Morgan fingerprint density at radius 3 is 2.65 bits per heavy atom. The third kappa shape index (κ3) is 2.67. The zero-order valence-electron chi connectivity index (χ0n) is 11.8. The number of hydrogen-bond acceptors (Lipinski definition) is 4. The molecule has 0 heterocycles. The summed E-state index contributed by atoms with van der Waals surface area (Å²) in [6.07, 6.45) is 2.55. The fourth-order valence-corrected chi connectivity index (χ4v) is 2.93. The molecule has 4 heteroatoms. The number of esters is 1. The molecule has 0 aromatic heterocycles. The molecule has 1 atom stereocenters. The van der Waals surface area contributed by atoms with Gasteiger partial charge in [0.15, 0.2) is 0 Å². The molecule has 106 valence electrons. The molecular weight excluding hydrogens is 270 g/mol. The van der Waals surface area contributed by atoms with Gasteiger partial charge in [-0.1, -0.05) is 42.5 Å². The summed E-state index contributed by atoms with van der Waals surface area (Å²) >= 11 is 1.67. The van der Waals surface area contributed by atoms with Crippen LogP contribution in [0, 0.1) is 0 Å². The van der Waals surface area contributed by atoms with Crippen LogP contribution in [0.25, 0.3) is 10.8 Å². The third-order valence-electron chi connectivity index (χ3n) is 3.52. The predicted octanol–water partition coefficient (Wildman–Crippen LogP) is 2.92. The lowest BCUT2D eigenvalue weighted by atomic mass is 9.85. The second-order valence-corrected chi connectivity index (χ2v) is 5.72. The molecule has 2 N–H and O–H groups in total. The fraction of sp³-hybridized carbons (Fsp3) is 0.312. The average Bonchev–Trinajstić information content (AvgIpc) is 2.51. The standard InChI is InChI=1S/C16H19NO2S/c1-19-15(18)16(17,10-11-20-2)14-9-5-7-12-6-3-4-8-13(12)14/h3-9H,10-11,17H2,1-2H3/t16-/m0/s1. The molecule has 2 rings (SSSR count). The van der Waals surface area contributed by atoms with E-state index in [0.29, 0.717) is 6.42 Å². The Balaban J connectivity index is 2.59. The maximum absolute atomic E-state index is 12.2. The molecule has 3 nitrogen and oxygen atoms in total. The van der Waals surface area contributed by atoms with Crippen molar-refractivity contribution >= 4 is 28.5 Å². The van der Waals surface area contributed by atoms with E-state index >= 15 is 0 Å². The molecule has 0 amide bonds. The number of hydrogen-bond donors (Lipinski definition) is 1. The van der Waals surface area contributed by atoms with Crippen molar-refractivity contribution in [3.05, 3.63) is 48.0 Å². The minimum Gasteiger partial charge on any atom is -0.467 e. The molecular formula is C16H19NO2S. The second kappa shape index (κ2) is 6.29. The van der Waals surface area contributed by atoms with Crippen LogP contribution in [-0.2, 0) is 15.1 Å². The van der Waals surface area contributed by atoms with Gasteiger partial charge in [0.2, 0.25) is 0 Å². The van der Waals surface area contributed by atoms with E-state index < -0.39 is 5.54 Å². The summed E-state index contributed by atoms with van der Waals surface area (Å²) in [4.78, 5) is 12.2. The van der Waals surface area contributed by atoms with Gasteiger partial charge in [-0.15, -0.1) is 0 Å². The summed E-state index contributed by atoms with van der Waals surface area (Å²) in [7, 11) is 1.38. The summed E-state index contributed by atoms with van der Waals surface area (Å²) in [5.74, 6) is 0.414. The Bertz CT molecular complexity index is 609. The van der Waals surface area contributed by atoms with E-state index in [1.807, 2.05) is 48.7 Å². The summed E-state index contributed by atoms with van der Waals surface area (Å²) in [6, 6.07) is 13.8. The zero-order chi connectivity index (χ0) is 14.6. The third-order valence-corrected chi connectivity index (χ3v) is 4.13. The lowest BCUT2D eigenvalue weighted by Gasteiger charge is -2.28. The maximum Gasteiger partial charge on any atom is 0.330 e. The van der Waals surface area contributed by atoms with Crippen molar-refractivity contribution in [2.75, 3.05) is 19.1 Å². The van der Waals surface area contributed by atoms with E-state index in [1.165, 1.54) is 7.11 Å². The van der Waals surface area contributed by atoms with Crippen LogP contribution < -0.4 is 5.73 Å². The molecule has 0 saturated heterocycles. The first-order valence-corrected chi connectivity index (χ1v) is 7.87. The van der Waals surface area contributed by atoms with E-state index in [4.69, 9.17) is 10.5 Å². The smallest absolute Gasteiger partial charge is 0.330 e. The number of benzene rings is 2. The highest BCUT2D eigenvalue weighted by molar-refractivity contribution is 7.98. The first-order valence-electron chi connectivity index (χ1n) is 6.48. The largest absolute Gasteiger partial charge is 0.467 e. The molecule has 0 bridgehead atoms. The molecule has 0 spiro atoms. The number of fused-ring (bicyclic) bond motifs is 1. The number of rotatable bonds is 5. The van der Waals surface area contributed by atoms with E-state index in [1.54, 1.807) is 11.8 Å². The van der Waals surface area contributed by atoms with Crippen LogP contribution in [0.2, 0.25) is 0 Å².